The number of esters is 2. The fraction of sp³-hybridized carbons (Fsp3) is 0.650. The summed E-state index contributed by atoms with van der Waals surface area (Å²) < 4.78 is 32.3. The summed E-state index contributed by atoms with van der Waals surface area (Å²) in [7, 11) is -4.77. The number of aliphatic carboxylic acids is 1. The highest BCUT2D eigenvalue weighted by atomic mass is 31.2. The Bertz CT molecular complexity index is 1200. The topological polar surface area (TPSA) is 189 Å². The van der Waals surface area contributed by atoms with Crippen LogP contribution in [0.2, 0.25) is 0 Å². The molecule has 13 heteroatoms. The van der Waals surface area contributed by atoms with Crippen LogP contribution in [0, 0.1) is 0 Å². The van der Waals surface area contributed by atoms with Gasteiger partial charge in [0.15, 0.2) is 11.9 Å². The van der Waals surface area contributed by atoms with Crippen molar-refractivity contribution in [1.82, 2.24) is 0 Å². The van der Waals surface area contributed by atoms with Crippen molar-refractivity contribution < 1.29 is 52.3 Å². The summed E-state index contributed by atoms with van der Waals surface area (Å²) in [4.78, 5) is 57.9. The summed E-state index contributed by atoms with van der Waals surface area (Å²) in [6.45, 7) is 2.44. The van der Waals surface area contributed by atoms with E-state index in [4.69, 9.17) is 24.8 Å². The second-order valence-corrected chi connectivity index (χ2v) is 14.2. The lowest BCUT2D eigenvalue weighted by Gasteiger charge is -2.20. The molecule has 0 saturated carbocycles. The number of ketones is 1. The van der Waals surface area contributed by atoms with Crippen LogP contribution >= 0.6 is 7.82 Å². The van der Waals surface area contributed by atoms with Gasteiger partial charge in [-0.3, -0.25) is 28.2 Å². The molecule has 0 aliphatic carbocycles. The molecule has 53 heavy (non-hydrogen) atoms. The van der Waals surface area contributed by atoms with Crippen LogP contribution in [0.3, 0.4) is 0 Å². The van der Waals surface area contributed by atoms with E-state index in [1.807, 2.05) is 6.08 Å². The van der Waals surface area contributed by atoms with Gasteiger partial charge < -0.3 is 25.2 Å². The molecule has 0 bridgehead atoms. The van der Waals surface area contributed by atoms with Gasteiger partial charge in [0.05, 0.1) is 13.2 Å². The molecule has 0 rings (SSSR count). The molecule has 0 aromatic rings. The Hall–Kier alpha value is -3.15. The van der Waals surface area contributed by atoms with Crippen LogP contribution in [0.25, 0.3) is 0 Å². The van der Waals surface area contributed by atoms with Gasteiger partial charge in [-0.1, -0.05) is 113 Å². The minimum atomic E-state index is -4.77. The molecule has 0 saturated heterocycles. The van der Waals surface area contributed by atoms with E-state index >= 15 is 0 Å². The Morgan fingerprint density at radius 1 is 0.642 bits per heavy atom. The largest absolute Gasteiger partial charge is 0.480 e. The highest BCUT2D eigenvalue weighted by Crippen LogP contribution is 2.43. The van der Waals surface area contributed by atoms with E-state index in [9.17, 15) is 28.6 Å². The van der Waals surface area contributed by atoms with Crippen molar-refractivity contribution in [3.8, 4) is 0 Å². The fourth-order valence-electron chi connectivity index (χ4n) is 4.59. The second kappa shape index (κ2) is 34.6. The second-order valence-electron chi connectivity index (χ2n) is 12.7. The first-order valence-corrected chi connectivity index (χ1v) is 20.8. The molecule has 0 heterocycles. The van der Waals surface area contributed by atoms with Gasteiger partial charge in [0.2, 0.25) is 0 Å². The Labute approximate surface area is 317 Å². The van der Waals surface area contributed by atoms with E-state index < -0.39 is 57.7 Å². The first kappa shape index (κ1) is 49.9. The maximum atomic E-state index is 12.5. The average Bonchev–Trinajstić information content (AvgIpc) is 3.12. The summed E-state index contributed by atoms with van der Waals surface area (Å²) in [5.41, 5.74) is 5.30. The normalized spacial score (nSPS) is 14.4. The van der Waals surface area contributed by atoms with Gasteiger partial charge in [-0.2, -0.15) is 0 Å². The Morgan fingerprint density at radius 3 is 1.91 bits per heavy atom. The summed E-state index contributed by atoms with van der Waals surface area (Å²) in [6.07, 6.45) is 34.5. The van der Waals surface area contributed by atoms with E-state index in [0.29, 0.717) is 6.42 Å². The third-order valence-electron chi connectivity index (χ3n) is 7.71. The van der Waals surface area contributed by atoms with Crippen LogP contribution in [0.15, 0.2) is 60.8 Å². The molecule has 0 spiro atoms. The summed E-state index contributed by atoms with van der Waals surface area (Å²) in [5.74, 6) is -2.83. The number of hydrogen-bond acceptors (Lipinski definition) is 10. The van der Waals surface area contributed by atoms with Crippen molar-refractivity contribution in [2.45, 2.75) is 148 Å². The molecule has 0 fully saturated rings. The Morgan fingerprint density at radius 2 is 1.21 bits per heavy atom. The van der Waals surface area contributed by atoms with Gasteiger partial charge in [-0.05, 0) is 63.9 Å². The highest BCUT2D eigenvalue weighted by Gasteiger charge is 2.28. The van der Waals surface area contributed by atoms with Crippen LogP contribution in [0.5, 0.6) is 0 Å². The predicted octanol–water partition coefficient (Wildman–Crippen LogP) is 8.79. The van der Waals surface area contributed by atoms with E-state index in [2.05, 4.69) is 54.8 Å². The number of carboxylic acids is 1. The number of hydrogen-bond donors (Lipinski definition) is 3. The standard InChI is InChI=1S/C40H66NO11P/c1-3-5-7-9-11-13-15-16-18-19-21-23-25-28-35(42)29-27-31-38(43)49-32-36(33-50-53(47,48)51-34-37(41)40(45)46)52-39(44)30-26-24-22-20-17-14-12-10-8-6-4-2/h10-13,16,18,21,23,25,28,36-37H,3-9,14-15,17,19-20,22,24,26-27,29-34,41H2,1-2H3,(H,45,46)(H,47,48)/b12-10-,13-11-,18-16-,23-21-,28-25+/t36-,37+/m1/s1. The average molecular weight is 768 g/mol. The number of carbonyl (C=O) groups excluding carboxylic acids is 3. The van der Waals surface area contributed by atoms with Crippen molar-refractivity contribution in [3.05, 3.63) is 60.8 Å². The quantitative estimate of drug-likeness (QED) is 0.0139. The molecule has 0 aliphatic rings. The fourth-order valence-corrected chi connectivity index (χ4v) is 5.36. The molecular weight excluding hydrogens is 701 g/mol. The number of rotatable bonds is 35. The minimum absolute atomic E-state index is 0.0714. The lowest BCUT2D eigenvalue weighted by atomic mass is 10.1. The smallest absolute Gasteiger partial charge is 0.472 e. The third kappa shape index (κ3) is 34.4. The van der Waals surface area contributed by atoms with Gasteiger partial charge in [-0.25, -0.2) is 4.57 Å². The van der Waals surface area contributed by atoms with Gasteiger partial charge in [0.1, 0.15) is 12.6 Å². The monoisotopic (exact) mass is 767 g/mol. The van der Waals surface area contributed by atoms with Crippen LogP contribution in [0.1, 0.15) is 136 Å². The first-order chi connectivity index (χ1) is 25.5. The van der Waals surface area contributed by atoms with Gasteiger partial charge in [-0.15, -0.1) is 0 Å². The highest BCUT2D eigenvalue weighted by molar-refractivity contribution is 7.47. The number of ether oxygens (including phenoxy) is 2. The summed E-state index contributed by atoms with van der Waals surface area (Å²) in [5, 5.41) is 8.85. The SMILES string of the molecule is CCCC/C=C\CCCCCCCC(=O)O[C@H](COC(=O)CCCC(=O)/C=C/C=C\C/C=C\C/C=C\CCCCC)COP(=O)(O)OC[C@H](N)C(=O)O. The summed E-state index contributed by atoms with van der Waals surface area (Å²) in [6, 6.07) is -1.56. The molecule has 0 radical (unpaired) electrons. The molecule has 4 N–H and O–H groups in total. The van der Waals surface area contributed by atoms with Crippen LogP contribution < -0.4 is 5.73 Å². The lowest BCUT2D eigenvalue weighted by molar-refractivity contribution is -0.161. The number of carbonyl (C=O) groups is 4. The van der Waals surface area contributed by atoms with Gasteiger partial charge in [0, 0.05) is 19.3 Å². The van der Waals surface area contributed by atoms with Crippen molar-refractivity contribution in [3.63, 3.8) is 0 Å². The number of phosphoric acid groups is 1. The maximum Gasteiger partial charge on any atom is 0.472 e. The zero-order valence-corrected chi connectivity index (χ0v) is 33.0. The molecule has 12 nitrogen and oxygen atoms in total. The molecule has 0 aliphatic heterocycles. The van der Waals surface area contributed by atoms with Crippen LogP contribution in [-0.2, 0) is 42.3 Å². The Balaban J connectivity index is 4.65. The predicted molar refractivity (Wildman–Crippen MR) is 208 cm³/mol. The maximum absolute atomic E-state index is 12.5. The van der Waals surface area contributed by atoms with Crippen molar-refractivity contribution in [1.29, 1.82) is 0 Å². The molecular formula is C40H66NO11P. The van der Waals surface area contributed by atoms with Gasteiger partial charge >= 0.3 is 25.7 Å². The lowest BCUT2D eigenvalue weighted by Crippen LogP contribution is -2.34. The number of allylic oxidation sites excluding steroid dienone is 10. The van der Waals surface area contributed by atoms with Crippen LogP contribution in [-0.4, -0.2) is 65.7 Å². The zero-order chi connectivity index (χ0) is 39.4. The Kier molecular flexibility index (Phi) is 32.6. The summed E-state index contributed by atoms with van der Waals surface area (Å²) >= 11 is 0. The van der Waals surface area contributed by atoms with Crippen LogP contribution in [0.4, 0.5) is 0 Å². The van der Waals surface area contributed by atoms with Gasteiger partial charge in [0.25, 0.3) is 0 Å². The molecule has 0 amide bonds. The number of phosphoric ester groups is 1. The minimum Gasteiger partial charge on any atom is -0.480 e. The number of carboxylic acid groups (broad SMARTS) is 1. The van der Waals surface area contributed by atoms with E-state index in [1.54, 1.807) is 12.2 Å². The molecule has 1 unspecified atom stereocenters. The molecule has 0 aromatic carbocycles. The number of nitrogens with two attached hydrogens (primary N) is 1. The van der Waals surface area contributed by atoms with Crippen molar-refractivity contribution in [2.24, 2.45) is 5.73 Å². The van der Waals surface area contributed by atoms with E-state index in [-0.39, 0.29) is 31.5 Å². The van der Waals surface area contributed by atoms with Crippen molar-refractivity contribution in [2.75, 3.05) is 19.8 Å². The zero-order valence-electron chi connectivity index (χ0n) is 32.1. The molecule has 302 valence electrons. The molecule has 0 aromatic heterocycles. The first-order valence-electron chi connectivity index (χ1n) is 19.3. The number of unbranched alkanes of at least 4 members (excludes halogenated alkanes) is 10. The van der Waals surface area contributed by atoms with Crippen molar-refractivity contribution >= 4 is 31.5 Å². The molecule has 3 atom stereocenters. The third-order valence-corrected chi connectivity index (χ3v) is 8.67. The van der Waals surface area contributed by atoms with E-state index in [0.717, 1.165) is 57.8 Å². The van der Waals surface area contributed by atoms with E-state index in [1.165, 1.54) is 38.2 Å².